The SMILES string of the molecule is COc1ccc(NC(=O)[C@H]2[C@H]3C=C[C@@]4(O3)[C@H]2C(=O)N(CCCN2CCCCC2)[C@@H]4C(=O)N[C@@H]2CCC[C@H](C)[C@@H]2C)cc1. The molecule has 228 valence electrons. The van der Waals surface area contributed by atoms with Crippen molar-refractivity contribution in [1.29, 1.82) is 0 Å². The molecule has 8 atom stereocenters. The van der Waals surface area contributed by atoms with Crippen molar-refractivity contribution in [3.63, 3.8) is 0 Å². The Morgan fingerprint density at radius 3 is 2.52 bits per heavy atom. The zero-order valence-electron chi connectivity index (χ0n) is 25.2. The van der Waals surface area contributed by atoms with Crippen molar-refractivity contribution >= 4 is 23.4 Å². The van der Waals surface area contributed by atoms with E-state index in [0.717, 1.165) is 38.9 Å². The van der Waals surface area contributed by atoms with Crippen molar-refractivity contribution in [3.05, 3.63) is 36.4 Å². The molecule has 2 bridgehead atoms. The number of rotatable bonds is 9. The van der Waals surface area contributed by atoms with E-state index in [9.17, 15) is 14.4 Å². The van der Waals surface area contributed by atoms with Gasteiger partial charge in [-0.1, -0.05) is 45.3 Å². The fourth-order valence-corrected chi connectivity index (χ4v) is 8.10. The number of ether oxygens (including phenoxy) is 2. The standard InChI is InChI=1S/C33H46N4O5/c1-21-9-7-10-25(22(21)2)35-31(39)29-33-16-15-26(42-33)27(30(38)34-23-11-13-24(41-3)14-12-23)28(33)32(40)37(29)20-8-19-36-17-5-4-6-18-36/h11-16,21-22,25-29H,4-10,17-20H2,1-3H3,(H,34,38)(H,35,39)/t21-,22-,25+,26+,27-,28+,29+,33+/m0/s1. The molecule has 1 saturated carbocycles. The van der Waals surface area contributed by atoms with E-state index in [1.165, 1.54) is 25.7 Å². The maximum atomic E-state index is 14.2. The van der Waals surface area contributed by atoms with E-state index in [-0.39, 0.29) is 23.8 Å². The Labute approximate surface area is 249 Å². The molecule has 3 saturated heterocycles. The molecule has 1 aromatic rings. The summed E-state index contributed by atoms with van der Waals surface area (Å²) in [5, 5.41) is 6.33. The number of benzene rings is 1. The van der Waals surface area contributed by atoms with E-state index in [2.05, 4.69) is 29.4 Å². The number of carbonyl (C=O) groups excluding carboxylic acids is 3. The van der Waals surface area contributed by atoms with Crippen LogP contribution in [0.4, 0.5) is 5.69 Å². The van der Waals surface area contributed by atoms with E-state index in [1.54, 1.807) is 36.3 Å². The lowest BCUT2D eigenvalue weighted by molar-refractivity contribution is -0.141. The lowest BCUT2D eigenvalue weighted by Crippen LogP contribution is -2.58. The van der Waals surface area contributed by atoms with Crippen molar-refractivity contribution in [2.75, 3.05) is 38.6 Å². The minimum atomic E-state index is -1.14. The zero-order valence-corrected chi connectivity index (χ0v) is 25.2. The topological polar surface area (TPSA) is 100 Å². The van der Waals surface area contributed by atoms with Crippen LogP contribution in [0, 0.1) is 23.7 Å². The molecule has 4 fully saturated rings. The predicted octanol–water partition coefficient (Wildman–Crippen LogP) is 3.60. The van der Waals surface area contributed by atoms with Crippen LogP contribution >= 0.6 is 0 Å². The molecule has 9 heteroatoms. The van der Waals surface area contributed by atoms with Crippen LogP contribution in [0.25, 0.3) is 0 Å². The first-order chi connectivity index (χ1) is 20.3. The van der Waals surface area contributed by atoms with Crippen LogP contribution in [-0.2, 0) is 19.1 Å². The number of amides is 3. The van der Waals surface area contributed by atoms with E-state index in [0.29, 0.717) is 29.8 Å². The lowest BCUT2D eigenvalue weighted by Gasteiger charge is -2.38. The Kier molecular flexibility index (Phi) is 8.33. The quantitative estimate of drug-likeness (QED) is 0.435. The second-order valence-electron chi connectivity index (χ2n) is 13.1. The summed E-state index contributed by atoms with van der Waals surface area (Å²) < 4.78 is 11.8. The molecule has 0 aromatic heterocycles. The number of nitrogens with one attached hydrogen (secondary N) is 2. The zero-order chi connectivity index (χ0) is 29.4. The van der Waals surface area contributed by atoms with Gasteiger partial charge in [-0.15, -0.1) is 0 Å². The molecule has 0 radical (unpaired) electrons. The van der Waals surface area contributed by atoms with Gasteiger partial charge in [-0.2, -0.15) is 0 Å². The maximum Gasteiger partial charge on any atom is 0.246 e. The molecule has 1 aliphatic carbocycles. The number of carbonyl (C=O) groups is 3. The summed E-state index contributed by atoms with van der Waals surface area (Å²) in [6, 6.07) is 6.41. The van der Waals surface area contributed by atoms with Gasteiger partial charge in [0.2, 0.25) is 17.7 Å². The smallest absolute Gasteiger partial charge is 0.246 e. The molecule has 2 N–H and O–H groups in total. The highest BCUT2D eigenvalue weighted by Crippen LogP contribution is 2.55. The molecular weight excluding hydrogens is 532 g/mol. The normalized spacial score (nSPS) is 35.7. The van der Waals surface area contributed by atoms with Crippen LogP contribution in [-0.4, -0.2) is 84.6 Å². The summed E-state index contributed by atoms with van der Waals surface area (Å²) >= 11 is 0. The van der Waals surface area contributed by atoms with Gasteiger partial charge in [0.25, 0.3) is 0 Å². The summed E-state index contributed by atoms with van der Waals surface area (Å²) in [4.78, 5) is 46.3. The van der Waals surface area contributed by atoms with Crippen LogP contribution in [0.15, 0.2) is 36.4 Å². The van der Waals surface area contributed by atoms with Gasteiger partial charge in [-0.25, -0.2) is 0 Å². The summed E-state index contributed by atoms with van der Waals surface area (Å²) in [5.41, 5.74) is -0.511. The second-order valence-corrected chi connectivity index (χ2v) is 13.1. The van der Waals surface area contributed by atoms with Crippen LogP contribution in [0.1, 0.15) is 58.8 Å². The van der Waals surface area contributed by atoms with Gasteiger partial charge in [0.15, 0.2) is 0 Å². The Bertz CT molecular complexity index is 1200. The van der Waals surface area contributed by atoms with E-state index in [1.807, 2.05) is 12.2 Å². The molecule has 6 rings (SSSR count). The van der Waals surface area contributed by atoms with Gasteiger partial charge in [0.05, 0.1) is 25.0 Å². The summed E-state index contributed by atoms with van der Waals surface area (Å²) in [6.07, 6.45) is 10.9. The Morgan fingerprint density at radius 1 is 1.02 bits per heavy atom. The van der Waals surface area contributed by atoms with Gasteiger partial charge in [0, 0.05) is 18.3 Å². The molecule has 1 aromatic carbocycles. The third-order valence-corrected chi connectivity index (χ3v) is 10.6. The van der Waals surface area contributed by atoms with Crippen LogP contribution in [0.3, 0.4) is 0 Å². The monoisotopic (exact) mass is 578 g/mol. The van der Waals surface area contributed by atoms with Gasteiger partial charge in [-0.3, -0.25) is 14.4 Å². The fourth-order valence-electron chi connectivity index (χ4n) is 8.10. The van der Waals surface area contributed by atoms with Crippen molar-refractivity contribution < 1.29 is 23.9 Å². The van der Waals surface area contributed by atoms with Gasteiger partial charge >= 0.3 is 0 Å². The lowest BCUT2D eigenvalue weighted by atomic mass is 9.73. The molecular formula is C33H46N4O5. The molecule has 3 amide bonds. The molecule has 4 heterocycles. The van der Waals surface area contributed by atoms with Crippen molar-refractivity contribution in [1.82, 2.24) is 15.1 Å². The Balaban J connectivity index is 1.24. The minimum absolute atomic E-state index is 0.0683. The number of fused-ring (bicyclic) bond motifs is 1. The number of likely N-dealkylation sites (tertiary alicyclic amines) is 2. The van der Waals surface area contributed by atoms with Gasteiger partial charge in [0.1, 0.15) is 17.4 Å². The third kappa shape index (κ3) is 5.23. The summed E-state index contributed by atoms with van der Waals surface area (Å²) in [7, 11) is 1.60. The maximum absolute atomic E-state index is 14.2. The first kappa shape index (κ1) is 29.2. The largest absolute Gasteiger partial charge is 0.497 e. The van der Waals surface area contributed by atoms with E-state index in [4.69, 9.17) is 9.47 Å². The molecule has 1 spiro atoms. The average molecular weight is 579 g/mol. The highest BCUT2D eigenvalue weighted by Gasteiger charge is 2.72. The molecule has 0 unspecified atom stereocenters. The van der Waals surface area contributed by atoms with Gasteiger partial charge in [-0.05, 0) is 81.4 Å². The molecule has 42 heavy (non-hydrogen) atoms. The second kappa shape index (κ2) is 12.0. The van der Waals surface area contributed by atoms with Crippen LogP contribution in [0.2, 0.25) is 0 Å². The Hall–Kier alpha value is -2.91. The third-order valence-electron chi connectivity index (χ3n) is 10.6. The predicted molar refractivity (Wildman–Crippen MR) is 160 cm³/mol. The number of piperidine rings is 1. The van der Waals surface area contributed by atoms with Gasteiger partial charge < -0.3 is 29.9 Å². The summed E-state index contributed by atoms with van der Waals surface area (Å²) in [6.45, 7) is 8.00. The molecule has 5 aliphatic rings. The number of methoxy groups -OCH3 is 1. The summed E-state index contributed by atoms with van der Waals surface area (Å²) in [5.74, 6) is -0.430. The van der Waals surface area contributed by atoms with Crippen molar-refractivity contribution in [3.8, 4) is 5.75 Å². The number of anilines is 1. The van der Waals surface area contributed by atoms with Crippen molar-refractivity contribution in [2.45, 2.75) is 82.6 Å². The number of nitrogens with zero attached hydrogens (tertiary/aromatic N) is 2. The Morgan fingerprint density at radius 2 is 1.79 bits per heavy atom. The van der Waals surface area contributed by atoms with Crippen molar-refractivity contribution in [2.24, 2.45) is 23.7 Å². The molecule has 4 aliphatic heterocycles. The van der Waals surface area contributed by atoms with Crippen LogP contribution in [0.5, 0.6) is 5.75 Å². The van der Waals surface area contributed by atoms with E-state index >= 15 is 0 Å². The van der Waals surface area contributed by atoms with E-state index < -0.39 is 29.6 Å². The first-order valence-electron chi connectivity index (χ1n) is 16.0. The highest BCUT2D eigenvalue weighted by molar-refractivity contribution is 6.02. The highest BCUT2D eigenvalue weighted by atomic mass is 16.5. The minimum Gasteiger partial charge on any atom is -0.497 e. The average Bonchev–Trinajstić information content (AvgIpc) is 3.64. The number of hydrogen-bond acceptors (Lipinski definition) is 6. The number of hydrogen-bond donors (Lipinski definition) is 2. The first-order valence-corrected chi connectivity index (χ1v) is 16.0. The van der Waals surface area contributed by atoms with Crippen LogP contribution < -0.4 is 15.4 Å². The fraction of sp³-hybridized carbons (Fsp3) is 0.667. The molecule has 9 nitrogen and oxygen atoms in total.